The summed E-state index contributed by atoms with van der Waals surface area (Å²) < 4.78 is 90.7. The number of rotatable bonds is 4. The summed E-state index contributed by atoms with van der Waals surface area (Å²) in [4.78, 5) is 0. The third-order valence-corrected chi connectivity index (χ3v) is 13.8. The van der Waals surface area contributed by atoms with Gasteiger partial charge in [0.1, 0.15) is 0 Å². The molecule has 2 aromatic heterocycles. The largest absolute Gasteiger partial charge is 0.416 e. The summed E-state index contributed by atoms with van der Waals surface area (Å²) in [5, 5.41) is 15.0. The molecule has 0 N–H and O–H groups in total. The Bertz CT molecular complexity index is 3440. The summed E-state index contributed by atoms with van der Waals surface area (Å²) in [6.07, 6.45) is -10.1. The van der Waals surface area contributed by atoms with E-state index in [1.165, 1.54) is 11.1 Å². The number of nitriles is 1. The molecular formula is C61H57F6N3. The fraction of sp³-hybridized carbons (Fsp3) is 0.295. The van der Waals surface area contributed by atoms with Crippen molar-refractivity contribution in [2.45, 2.75) is 117 Å². The van der Waals surface area contributed by atoms with Gasteiger partial charge in [-0.15, -0.1) is 0 Å². The van der Waals surface area contributed by atoms with Crippen LogP contribution >= 0.6 is 0 Å². The first kappa shape index (κ1) is 48.2. The van der Waals surface area contributed by atoms with Crippen molar-refractivity contribution in [3.05, 3.63) is 166 Å². The number of aromatic nitrogens is 2. The standard InChI is InChI=1S/C61H57F6N3/c1-56(2,3)38-15-21-51-47(29-38)48-30-39(57(4,5)6)16-22-52(48)69(51)44-19-13-36(34-68)45(33-44)46-27-35(37-25-42(60(62,63)64)28-43(26-37)61(65,66)67)14-20-53(46)70-54-23-17-40(58(7,8)9)31-49(54)50-32-41(59(10,11)12)18-24-55(50)70/h13-33H,1-12H3. The van der Waals surface area contributed by atoms with Gasteiger partial charge in [0.2, 0.25) is 0 Å². The lowest BCUT2D eigenvalue weighted by Gasteiger charge is -2.21. The molecule has 3 nitrogen and oxygen atoms in total. The van der Waals surface area contributed by atoms with Crippen molar-refractivity contribution >= 4 is 43.6 Å². The molecule has 0 fully saturated rings. The summed E-state index contributed by atoms with van der Waals surface area (Å²) in [6, 6.07) is 40.3. The summed E-state index contributed by atoms with van der Waals surface area (Å²) in [7, 11) is 0. The minimum atomic E-state index is -5.05. The number of alkyl halides is 6. The van der Waals surface area contributed by atoms with Crippen LogP contribution in [0.15, 0.2) is 127 Å². The number of benzene rings is 7. The van der Waals surface area contributed by atoms with E-state index in [0.29, 0.717) is 16.8 Å². The number of hydrogen-bond donors (Lipinski definition) is 0. The Kier molecular flexibility index (Phi) is 11.1. The third-order valence-electron chi connectivity index (χ3n) is 13.8. The van der Waals surface area contributed by atoms with Crippen molar-refractivity contribution in [2.75, 3.05) is 0 Å². The van der Waals surface area contributed by atoms with Gasteiger partial charge in [0.15, 0.2) is 0 Å². The summed E-state index contributed by atoms with van der Waals surface area (Å²) in [5.41, 5.74) is 7.06. The van der Waals surface area contributed by atoms with Gasteiger partial charge in [0, 0.05) is 38.4 Å². The predicted molar refractivity (Wildman–Crippen MR) is 276 cm³/mol. The highest BCUT2D eigenvalue weighted by molar-refractivity contribution is 6.11. The van der Waals surface area contributed by atoms with Crippen LogP contribution in [0.4, 0.5) is 26.3 Å². The van der Waals surface area contributed by atoms with Crippen molar-refractivity contribution in [3.63, 3.8) is 0 Å². The van der Waals surface area contributed by atoms with Gasteiger partial charge in [-0.05, 0) is 152 Å². The van der Waals surface area contributed by atoms with E-state index in [1.807, 2.05) is 12.1 Å². The molecule has 0 spiro atoms. The van der Waals surface area contributed by atoms with Crippen LogP contribution in [-0.4, -0.2) is 9.13 Å². The molecule has 9 heteroatoms. The molecule has 70 heavy (non-hydrogen) atoms. The zero-order chi connectivity index (χ0) is 50.8. The van der Waals surface area contributed by atoms with Crippen LogP contribution in [0.25, 0.3) is 77.2 Å². The average Bonchev–Trinajstić information content (AvgIpc) is 3.78. The highest BCUT2D eigenvalue weighted by Gasteiger charge is 2.37. The Hall–Kier alpha value is -6.79. The van der Waals surface area contributed by atoms with Gasteiger partial charge in [0.05, 0.1) is 50.5 Å². The number of halogens is 6. The molecule has 0 radical (unpaired) electrons. The van der Waals surface area contributed by atoms with E-state index in [4.69, 9.17) is 0 Å². The fourth-order valence-corrected chi connectivity index (χ4v) is 9.69. The van der Waals surface area contributed by atoms with E-state index in [0.717, 1.165) is 72.6 Å². The van der Waals surface area contributed by atoms with Gasteiger partial charge < -0.3 is 9.13 Å². The van der Waals surface area contributed by atoms with E-state index < -0.39 is 23.5 Å². The molecule has 0 aliphatic rings. The minimum Gasteiger partial charge on any atom is -0.309 e. The monoisotopic (exact) mass is 945 g/mol. The Morgan fingerprint density at radius 2 is 0.743 bits per heavy atom. The molecule has 0 amide bonds. The lowest BCUT2D eigenvalue weighted by Crippen LogP contribution is -2.11. The number of nitrogens with zero attached hydrogens (tertiary/aromatic N) is 3. The molecule has 0 atom stereocenters. The zero-order valence-electron chi connectivity index (χ0n) is 41.7. The second-order valence-corrected chi connectivity index (χ2v) is 23.0. The van der Waals surface area contributed by atoms with Crippen LogP contribution < -0.4 is 0 Å². The van der Waals surface area contributed by atoms with Crippen molar-refractivity contribution in [1.29, 1.82) is 5.26 Å². The number of fused-ring (bicyclic) bond motifs is 6. The lowest BCUT2D eigenvalue weighted by atomic mass is 9.85. The molecule has 0 aliphatic heterocycles. The van der Waals surface area contributed by atoms with Crippen molar-refractivity contribution in [3.8, 4) is 39.7 Å². The van der Waals surface area contributed by atoms with E-state index in [1.54, 1.807) is 24.3 Å². The summed E-state index contributed by atoms with van der Waals surface area (Å²) in [5.74, 6) is 0. The average molecular weight is 946 g/mol. The number of hydrogen-bond acceptors (Lipinski definition) is 1. The van der Waals surface area contributed by atoms with Crippen molar-refractivity contribution < 1.29 is 26.3 Å². The minimum absolute atomic E-state index is 0.122. The van der Waals surface area contributed by atoms with Gasteiger partial charge in [-0.3, -0.25) is 0 Å². The maximum atomic E-state index is 14.4. The SMILES string of the molecule is CC(C)(C)c1ccc2c(c1)c1cc(C(C)(C)C)ccc1n2-c1ccc(C#N)c(-c2cc(-c3cc(C(F)(F)F)cc(C(F)(F)F)c3)ccc2-n2c3ccc(C(C)(C)C)cc3c3cc(C(C)(C)C)ccc32)c1. The van der Waals surface area contributed by atoms with Gasteiger partial charge in [0.25, 0.3) is 0 Å². The second-order valence-electron chi connectivity index (χ2n) is 23.0. The molecule has 9 rings (SSSR count). The molecule has 2 heterocycles. The van der Waals surface area contributed by atoms with Crippen molar-refractivity contribution in [1.82, 2.24) is 9.13 Å². The molecular weight excluding hydrogens is 889 g/mol. The first-order chi connectivity index (χ1) is 32.4. The highest BCUT2D eigenvalue weighted by Crippen LogP contribution is 2.45. The van der Waals surface area contributed by atoms with Crippen LogP contribution in [0.1, 0.15) is 122 Å². The molecule has 0 bridgehead atoms. The Morgan fingerprint density at radius 3 is 1.10 bits per heavy atom. The summed E-state index contributed by atoms with van der Waals surface area (Å²) >= 11 is 0. The predicted octanol–water partition coefficient (Wildman–Crippen LogP) is 18.3. The Balaban J connectivity index is 1.40. The van der Waals surface area contributed by atoms with Gasteiger partial charge in [-0.2, -0.15) is 31.6 Å². The van der Waals surface area contributed by atoms with Gasteiger partial charge in [-0.1, -0.05) is 113 Å². The Labute approximate surface area is 406 Å². The molecule has 0 saturated heterocycles. The normalized spacial score (nSPS) is 13.3. The van der Waals surface area contributed by atoms with Gasteiger partial charge in [-0.25, -0.2) is 0 Å². The molecule has 358 valence electrons. The quantitative estimate of drug-likeness (QED) is 0.162. The first-order valence-corrected chi connectivity index (χ1v) is 23.6. The van der Waals surface area contributed by atoms with E-state index in [-0.39, 0.29) is 44.4 Å². The zero-order valence-corrected chi connectivity index (χ0v) is 41.7. The molecule has 0 unspecified atom stereocenters. The van der Waals surface area contributed by atoms with E-state index in [2.05, 4.69) is 171 Å². The van der Waals surface area contributed by atoms with Crippen LogP contribution in [0.2, 0.25) is 0 Å². The third kappa shape index (κ3) is 8.54. The van der Waals surface area contributed by atoms with E-state index >= 15 is 0 Å². The fourth-order valence-electron chi connectivity index (χ4n) is 9.69. The van der Waals surface area contributed by atoms with Crippen LogP contribution in [0.3, 0.4) is 0 Å². The van der Waals surface area contributed by atoms with Crippen LogP contribution in [-0.2, 0) is 34.0 Å². The topological polar surface area (TPSA) is 33.6 Å². The molecule has 0 saturated carbocycles. The maximum Gasteiger partial charge on any atom is 0.416 e. The van der Waals surface area contributed by atoms with E-state index in [9.17, 15) is 31.6 Å². The molecule has 0 aliphatic carbocycles. The molecule has 7 aromatic carbocycles. The van der Waals surface area contributed by atoms with Crippen LogP contribution in [0.5, 0.6) is 0 Å². The Morgan fingerprint density at radius 1 is 0.357 bits per heavy atom. The first-order valence-electron chi connectivity index (χ1n) is 23.6. The smallest absolute Gasteiger partial charge is 0.309 e. The lowest BCUT2D eigenvalue weighted by molar-refractivity contribution is -0.143. The van der Waals surface area contributed by atoms with Crippen LogP contribution in [0, 0.1) is 11.3 Å². The molecule has 9 aromatic rings. The summed E-state index contributed by atoms with van der Waals surface area (Å²) in [6.45, 7) is 26.0. The van der Waals surface area contributed by atoms with Gasteiger partial charge >= 0.3 is 12.4 Å². The maximum absolute atomic E-state index is 14.4. The van der Waals surface area contributed by atoms with Crippen molar-refractivity contribution in [2.24, 2.45) is 0 Å². The second kappa shape index (κ2) is 16.1. The highest BCUT2D eigenvalue weighted by atomic mass is 19.4.